The first kappa shape index (κ1) is 14.1. The second-order valence-corrected chi connectivity index (χ2v) is 5.74. The summed E-state index contributed by atoms with van der Waals surface area (Å²) in [6, 6.07) is 22.3. The molecule has 0 saturated heterocycles. The van der Waals surface area contributed by atoms with Gasteiger partial charge in [-0.15, -0.1) is 0 Å². The number of hydrogen-bond acceptors (Lipinski definition) is 1. The van der Waals surface area contributed by atoms with Crippen molar-refractivity contribution in [1.82, 2.24) is 0 Å². The number of aliphatic hydroxyl groups is 1. The molecule has 21 heavy (non-hydrogen) atoms. The highest BCUT2D eigenvalue weighted by molar-refractivity contribution is 6.31. The average molecular weight is 297 g/mol. The van der Waals surface area contributed by atoms with Crippen LogP contribution in [-0.4, -0.2) is 11.2 Å². The lowest BCUT2D eigenvalue weighted by Gasteiger charge is -2.12. The Morgan fingerprint density at radius 1 is 0.810 bits per heavy atom. The zero-order chi connectivity index (χ0) is 14.7. The van der Waals surface area contributed by atoms with E-state index in [2.05, 4.69) is 30.3 Å². The minimum atomic E-state index is -0.425. The molecule has 0 heterocycles. The summed E-state index contributed by atoms with van der Waals surface area (Å²) >= 11 is 6.14. The topological polar surface area (TPSA) is 20.2 Å². The summed E-state index contributed by atoms with van der Waals surface area (Å²) in [7, 11) is 0. The van der Waals surface area contributed by atoms with E-state index >= 15 is 0 Å². The van der Waals surface area contributed by atoms with Crippen LogP contribution in [0.2, 0.25) is 5.02 Å². The van der Waals surface area contributed by atoms with Gasteiger partial charge in [-0.2, -0.15) is 0 Å². The molecule has 0 fully saturated rings. The lowest BCUT2D eigenvalue weighted by atomic mass is 9.99. The first-order valence-corrected chi connectivity index (χ1v) is 7.49. The van der Waals surface area contributed by atoms with Crippen molar-refractivity contribution in [2.75, 3.05) is 0 Å². The summed E-state index contributed by atoms with van der Waals surface area (Å²) in [5.74, 6) is 0. The van der Waals surface area contributed by atoms with Crippen LogP contribution in [-0.2, 0) is 12.8 Å². The monoisotopic (exact) mass is 296 g/mol. The lowest BCUT2D eigenvalue weighted by Crippen LogP contribution is -2.14. The summed E-state index contributed by atoms with van der Waals surface area (Å²) < 4.78 is 0. The van der Waals surface area contributed by atoms with Crippen molar-refractivity contribution in [1.29, 1.82) is 0 Å². The first-order valence-electron chi connectivity index (χ1n) is 7.11. The second kappa shape index (κ2) is 6.30. The number of aliphatic hydroxyl groups excluding tert-OH is 1. The molecule has 1 nitrogen and oxygen atoms in total. The lowest BCUT2D eigenvalue weighted by molar-refractivity contribution is 0.175. The van der Waals surface area contributed by atoms with Crippen molar-refractivity contribution >= 4 is 22.4 Å². The average Bonchev–Trinajstić information content (AvgIpc) is 2.49. The second-order valence-electron chi connectivity index (χ2n) is 5.33. The van der Waals surface area contributed by atoms with Crippen LogP contribution < -0.4 is 0 Å². The van der Waals surface area contributed by atoms with Crippen LogP contribution in [0.4, 0.5) is 0 Å². The number of rotatable bonds is 4. The molecule has 106 valence electrons. The Kier molecular flexibility index (Phi) is 4.23. The highest BCUT2D eigenvalue weighted by atomic mass is 35.5. The van der Waals surface area contributed by atoms with Gasteiger partial charge >= 0.3 is 0 Å². The Morgan fingerprint density at radius 2 is 1.52 bits per heavy atom. The quantitative estimate of drug-likeness (QED) is 0.743. The highest BCUT2D eigenvalue weighted by Crippen LogP contribution is 2.20. The van der Waals surface area contributed by atoms with Gasteiger partial charge in [-0.1, -0.05) is 72.3 Å². The molecule has 0 saturated carbocycles. The molecule has 0 aliphatic carbocycles. The van der Waals surface area contributed by atoms with Gasteiger partial charge in [0.25, 0.3) is 0 Å². The van der Waals surface area contributed by atoms with Gasteiger partial charge in [0.2, 0.25) is 0 Å². The predicted molar refractivity (Wildman–Crippen MR) is 88.8 cm³/mol. The molecule has 0 spiro atoms. The van der Waals surface area contributed by atoms with E-state index in [0.717, 1.165) is 16.1 Å². The molecular weight excluding hydrogens is 280 g/mol. The third kappa shape index (κ3) is 3.44. The molecule has 1 N–H and O–H groups in total. The highest BCUT2D eigenvalue weighted by Gasteiger charge is 2.09. The predicted octanol–water partition coefficient (Wildman–Crippen LogP) is 4.64. The van der Waals surface area contributed by atoms with E-state index in [1.807, 2.05) is 36.4 Å². The molecule has 3 aromatic carbocycles. The SMILES string of the molecule is OC(Cc1ccc2ccccc2c1)Cc1ccccc1Cl. The summed E-state index contributed by atoms with van der Waals surface area (Å²) in [6.45, 7) is 0. The third-order valence-corrected chi connectivity index (χ3v) is 4.07. The Balaban J connectivity index is 1.74. The maximum Gasteiger partial charge on any atom is 0.0621 e. The van der Waals surface area contributed by atoms with E-state index < -0.39 is 6.10 Å². The number of fused-ring (bicyclic) bond motifs is 1. The van der Waals surface area contributed by atoms with Crippen LogP contribution in [0.1, 0.15) is 11.1 Å². The standard InChI is InChI=1S/C19H17ClO/c20-19-8-4-3-7-17(19)13-18(21)12-14-9-10-15-5-1-2-6-16(15)11-14/h1-11,18,21H,12-13H2. The van der Waals surface area contributed by atoms with Gasteiger partial charge < -0.3 is 5.11 Å². The molecule has 0 radical (unpaired) electrons. The smallest absolute Gasteiger partial charge is 0.0621 e. The first-order chi connectivity index (χ1) is 10.2. The van der Waals surface area contributed by atoms with E-state index in [9.17, 15) is 5.11 Å². The Bertz CT molecular complexity index is 751. The summed E-state index contributed by atoms with van der Waals surface area (Å²) in [5.41, 5.74) is 2.14. The molecule has 3 aromatic rings. The summed E-state index contributed by atoms with van der Waals surface area (Å²) in [4.78, 5) is 0. The van der Waals surface area contributed by atoms with Crippen molar-refractivity contribution in [3.05, 3.63) is 82.9 Å². The molecule has 0 aliphatic rings. The van der Waals surface area contributed by atoms with Crippen molar-refractivity contribution in [3.63, 3.8) is 0 Å². The normalized spacial score (nSPS) is 12.5. The van der Waals surface area contributed by atoms with Gasteiger partial charge in [0.1, 0.15) is 0 Å². The molecule has 0 aliphatic heterocycles. The van der Waals surface area contributed by atoms with Gasteiger partial charge in [0.05, 0.1) is 6.10 Å². The zero-order valence-corrected chi connectivity index (χ0v) is 12.4. The fraction of sp³-hybridized carbons (Fsp3) is 0.158. The molecule has 2 heteroatoms. The van der Waals surface area contributed by atoms with Crippen molar-refractivity contribution < 1.29 is 5.11 Å². The molecule has 0 amide bonds. The van der Waals surface area contributed by atoms with E-state index in [-0.39, 0.29) is 0 Å². The van der Waals surface area contributed by atoms with Gasteiger partial charge in [-0.25, -0.2) is 0 Å². The van der Waals surface area contributed by atoms with Crippen LogP contribution in [0.3, 0.4) is 0 Å². The Morgan fingerprint density at radius 3 is 2.33 bits per heavy atom. The zero-order valence-electron chi connectivity index (χ0n) is 11.7. The van der Waals surface area contributed by atoms with Crippen LogP contribution in [0.25, 0.3) is 10.8 Å². The molecule has 0 aromatic heterocycles. The number of hydrogen-bond donors (Lipinski definition) is 1. The van der Waals surface area contributed by atoms with E-state index in [1.165, 1.54) is 10.8 Å². The van der Waals surface area contributed by atoms with Crippen molar-refractivity contribution in [3.8, 4) is 0 Å². The van der Waals surface area contributed by atoms with Crippen LogP contribution in [0, 0.1) is 0 Å². The van der Waals surface area contributed by atoms with Gasteiger partial charge in [-0.05, 0) is 34.4 Å². The van der Waals surface area contributed by atoms with Crippen molar-refractivity contribution in [2.24, 2.45) is 0 Å². The largest absolute Gasteiger partial charge is 0.392 e. The minimum absolute atomic E-state index is 0.425. The van der Waals surface area contributed by atoms with Gasteiger partial charge in [-0.3, -0.25) is 0 Å². The minimum Gasteiger partial charge on any atom is -0.392 e. The molecule has 1 unspecified atom stereocenters. The van der Waals surface area contributed by atoms with Gasteiger partial charge in [0.15, 0.2) is 0 Å². The fourth-order valence-corrected chi connectivity index (χ4v) is 2.84. The van der Waals surface area contributed by atoms with E-state index in [1.54, 1.807) is 0 Å². The molecule has 1 atom stereocenters. The van der Waals surface area contributed by atoms with Crippen LogP contribution in [0.5, 0.6) is 0 Å². The molecule has 0 bridgehead atoms. The fourth-order valence-electron chi connectivity index (χ4n) is 2.63. The van der Waals surface area contributed by atoms with Crippen LogP contribution in [0.15, 0.2) is 66.7 Å². The van der Waals surface area contributed by atoms with Crippen LogP contribution >= 0.6 is 11.6 Å². The van der Waals surface area contributed by atoms with E-state index in [0.29, 0.717) is 12.8 Å². The van der Waals surface area contributed by atoms with Gasteiger partial charge in [0, 0.05) is 11.4 Å². The number of benzene rings is 3. The molecule has 3 rings (SSSR count). The summed E-state index contributed by atoms with van der Waals surface area (Å²) in [6.07, 6.45) is 0.786. The Labute approximate surface area is 129 Å². The molecular formula is C19H17ClO. The maximum absolute atomic E-state index is 10.3. The maximum atomic E-state index is 10.3. The third-order valence-electron chi connectivity index (χ3n) is 3.70. The van der Waals surface area contributed by atoms with E-state index in [4.69, 9.17) is 11.6 Å². The Hall–Kier alpha value is -1.83. The summed E-state index contributed by atoms with van der Waals surface area (Å²) in [5, 5.41) is 13.4. The number of halogens is 1. The van der Waals surface area contributed by atoms with Crippen molar-refractivity contribution in [2.45, 2.75) is 18.9 Å².